The zero-order valence-corrected chi connectivity index (χ0v) is 8.25. The van der Waals surface area contributed by atoms with Crippen molar-refractivity contribution in [1.82, 2.24) is 24.9 Å². The maximum atomic E-state index is 5.80. The summed E-state index contributed by atoms with van der Waals surface area (Å²) in [6, 6.07) is 3.67. The Hall–Kier alpha value is -2.50. The Morgan fingerprint density at radius 3 is 2.94 bits per heavy atom. The maximum Gasteiger partial charge on any atom is 0.161 e. The highest BCUT2D eigenvalue weighted by atomic mass is 15.0. The zero-order chi connectivity index (χ0) is 11.0. The van der Waals surface area contributed by atoms with Crippen molar-refractivity contribution < 1.29 is 0 Å². The number of H-pyrrole nitrogens is 1. The molecule has 6 nitrogen and oxygen atoms in total. The predicted molar refractivity (Wildman–Crippen MR) is 59.3 cm³/mol. The molecule has 3 N–H and O–H groups in total. The van der Waals surface area contributed by atoms with Crippen LogP contribution in [0.15, 0.2) is 31.0 Å². The van der Waals surface area contributed by atoms with E-state index in [1.807, 2.05) is 12.1 Å². The van der Waals surface area contributed by atoms with Gasteiger partial charge in [-0.25, -0.2) is 19.9 Å². The number of rotatable bonds is 1. The minimum Gasteiger partial charge on any atom is -0.383 e. The predicted octanol–water partition coefficient (Wildman–Crippen LogP) is 0.997. The largest absolute Gasteiger partial charge is 0.383 e. The Kier molecular flexibility index (Phi) is 1.79. The van der Waals surface area contributed by atoms with Crippen LogP contribution in [-0.4, -0.2) is 24.9 Å². The lowest BCUT2D eigenvalue weighted by Gasteiger charge is -2.03. The van der Waals surface area contributed by atoms with E-state index < -0.39 is 0 Å². The van der Waals surface area contributed by atoms with Crippen LogP contribution in [0.1, 0.15) is 0 Å². The van der Waals surface area contributed by atoms with Crippen molar-refractivity contribution in [3.8, 4) is 11.3 Å². The quantitative estimate of drug-likeness (QED) is 0.627. The molecular weight excluding hydrogens is 204 g/mol. The number of pyridine rings is 1. The van der Waals surface area contributed by atoms with Crippen LogP contribution in [0.3, 0.4) is 0 Å². The van der Waals surface area contributed by atoms with Gasteiger partial charge in [-0.1, -0.05) is 0 Å². The molecule has 3 rings (SSSR count). The molecule has 0 aliphatic heterocycles. The lowest BCUT2D eigenvalue weighted by Crippen LogP contribution is -1.96. The van der Waals surface area contributed by atoms with Crippen LogP contribution in [0, 0.1) is 0 Å². The average Bonchev–Trinajstić information content (AvgIpc) is 2.77. The van der Waals surface area contributed by atoms with Crippen LogP contribution in [0.4, 0.5) is 5.82 Å². The second-order valence-corrected chi connectivity index (χ2v) is 3.26. The Morgan fingerprint density at radius 2 is 2.06 bits per heavy atom. The summed E-state index contributed by atoms with van der Waals surface area (Å²) in [5.41, 5.74) is 8.64. The van der Waals surface area contributed by atoms with Gasteiger partial charge in [-0.15, -0.1) is 0 Å². The van der Waals surface area contributed by atoms with E-state index in [1.165, 1.54) is 6.33 Å². The summed E-state index contributed by atoms with van der Waals surface area (Å²) in [6.45, 7) is 0. The van der Waals surface area contributed by atoms with Gasteiger partial charge in [0.2, 0.25) is 0 Å². The SMILES string of the molecule is Nc1ncccc1-c1ncnc2[nH]cnc12. The van der Waals surface area contributed by atoms with E-state index in [2.05, 4.69) is 24.9 Å². The van der Waals surface area contributed by atoms with Gasteiger partial charge in [0.25, 0.3) is 0 Å². The summed E-state index contributed by atoms with van der Waals surface area (Å²) < 4.78 is 0. The monoisotopic (exact) mass is 212 g/mol. The third kappa shape index (κ3) is 1.20. The molecule has 6 heteroatoms. The molecule has 0 aromatic carbocycles. The number of nitrogen functional groups attached to an aromatic ring is 1. The summed E-state index contributed by atoms with van der Waals surface area (Å²) in [7, 11) is 0. The molecule has 0 spiro atoms. The number of nitrogens with zero attached hydrogens (tertiary/aromatic N) is 4. The number of aromatic nitrogens is 5. The number of nitrogens with one attached hydrogen (secondary N) is 1. The van der Waals surface area contributed by atoms with E-state index in [9.17, 15) is 0 Å². The van der Waals surface area contributed by atoms with Crippen LogP contribution < -0.4 is 5.73 Å². The van der Waals surface area contributed by atoms with Gasteiger partial charge in [-0.05, 0) is 12.1 Å². The van der Waals surface area contributed by atoms with Crippen molar-refractivity contribution in [2.45, 2.75) is 0 Å². The molecule has 16 heavy (non-hydrogen) atoms. The van der Waals surface area contributed by atoms with Crippen molar-refractivity contribution in [3.05, 3.63) is 31.0 Å². The fraction of sp³-hybridized carbons (Fsp3) is 0. The van der Waals surface area contributed by atoms with Crippen LogP contribution in [-0.2, 0) is 0 Å². The van der Waals surface area contributed by atoms with Crippen LogP contribution in [0.25, 0.3) is 22.4 Å². The normalized spacial score (nSPS) is 10.8. The number of hydrogen-bond donors (Lipinski definition) is 2. The first-order valence-corrected chi connectivity index (χ1v) is 4.71. The first-order chi connectivity index (χ1) is 7.86. The molecule has 0 fully saturated rings. The standard InChI is InChI=1S/C10H8N6/c11-9-6(2-1-3-12-9)7-8-10(15-4-13-7)16-5-14-8/h1-5H,(H2,11,12)(H,13,14,15,16). The van der Waals surface area contributed by atoms with Gasteiger partial charge in [0.15, 0.2) is 5.65 Å². The molecule has 0 aliphatic carbocycles. The third-order valence-electron chi connectivity index (χ3n) is 2.31. The molecule has 0 aliphatic rings. The molecule has 0 saturated carbocycles. The van der Waals surface area contributed by atoms with Crippen molar-refractivity contribution in [1.29, 1.82) is 0 Å². The van der Waals surface area contributed by atoms with E-state index in [0.717, 1.165) is 5.56 Å². The lowest BCUT2D eigenvalue weighted by atomic mass is 10.1. The van der Waals surface area contributed by atoms with Gasteiger partial charge in [-0.3, -0.25) is 0 Å². The first kappa shape index (κ1) is 8.78. The first-order valence-electron chi connectivity index (χ1n) is 4.71. The fourth-order valence-corrected chi connectivity index (χ4v) is 1.58. The summed E-state index contributed by atoms with van der Waals surface area (Å²) in [5.74, 6) is 0.436. The van der Waals surface area contributed by atoms with Crippen molar-refractivity contribution in [2.75, 3.05) is 5.73 Å². The average molecular weight is 212 g/mol. The summed E-state index contributed by atoms with van der Waals surface area (Å²) >= 11 is 0. The molecule has 0 atom stereocenters. The second kappa shape index (κ2) is 3.27. The molecule has 78 valence electrons. The third-order valence-corrected chi connectivity index (χ3v) is 2.31. The summed E-state index contributed by atoms with van der Waals surface area (Å²) in [6.07, 6.45) is 4.69. The smallest absolute Gasteiger partial charge is 0.161 e. The van der Waals surface area contributed by atoms with Crippen LogP contribution in [0.2, 0.25) is 0 Å². The number of nitrogens with two attached hydrogens (primary N) is 1. The zero-order valence-electron chi connectivity index (χ0n) is 8.25. The lowest BCUT2D eigenvalue weighted by molar-refractivity contribution is 1.20. The second-order valence-electron chi connectivity index (χ2n) is 3.26. The van der Waals surface area contributed by atoms with Gasteiger partial charge in [0.1, 0.15) is 23.4 Å². The van der Waals surface area contributed by atoms with Crippen molar-refractivity contribution in [3.63, 3.8) is 0 Å². The molecule has 0 saturated heterocycles. The summed E-state index contributed by atoms with van der Waals surface area (Å²) in [4.78, 5) is 19.4. The Bertz CT molecular complexity index is 644. The highest BCUT2D eigenvalue weighted by molar-refractivity contribution is 5.89. The molecular formula is C10H8N6. The van der Waals surface area contributed by atoms with E-state index >= 15 is 0 Å². The Labute approximate surface area is 90.6 Å². The van der Waals surface area contributed by atoms with Gasteiger partial charge >= 0.3 is 0 Å². The number of aromatic amines is 1. The molecule has 0 bridgehead atoms. The summed E-state index contributed by atoms with van der Waals surface area (Å²) in [5, 5.41) is 0. The van der Waals surface area contributed by atoms with E-state index in [0.29, 0.717) is 22.7 Å². The van der Waals surface area contributed by atoms with E-state index in [4.69, 9.17) is 5.73 Å². The van der Waals surface area contributed by atoms with Crippen LogP contribution >= 0.6 is 0 Å². The number of imidazole rings is 1. The van der Waals surface area contributed by atoms with Gasteiger partial charge < -0.3 is 10.7 Å². The number of anilines is 1. The van der Waals surface area contributed by atoms with Crippen molar-refractivity contribution in [2.24, 2.45) is 0 Å². The van der Waals surface area contributed by atoms with Crippen LogP contribution in [0.5, 0.6) is 0 Å². The Morgan fingerprint density at radius 1 is 1.12 bits per heavy atom. The highest BCUT2D eigenvalue weighted by Gasteiger charge is 2.10. The van der Waals surface area contributed by atoms with Gasteiger partial charge in [0.05, 0.1) is 6.33 Å². The Balaban J connectivity index is 2.34. The maximum absolute atomic E-state index is 5.80. The van der Waals surface area contributed by atoms with Crippen molar-refractivity contribution >= 4 is 17.0 Å². The molecule has 3 aromatic heterocycles. The number of hydrogen-bond acceptors (Lipinski definition) is 5. The minimum atomic E-state index is 0.436. The molecule has 3 aromatic rings. The molecule has 0 radical (unpaired) electrons. The van der Waals surface area contributed by atoms with Gasteiger partial charge in [-0.2, -0.15) is 0 Å². The highest BCUT2D eigenvalue weighted by Crippen LogP contribution is 2.25. The molecule has 0 unspecified atom stereocenters. The molecule has 3 heterocycles. The minimum absolute atomic E-state index is 0.436. The number of fused-ring (bicyclic) bond motifs is 1. The van der Waals surface area contributed by atoms with E-state index in [1.54, 1.807) is 12.5 Å². The molecule has 0 amide bonds. The van der Waals surface area contributed by atoms with Gasteiger partial charge in [0, 0.05) is 11.8 Å². The topological polar surface area (TPSA) is 93.4 Å². The fourth-order valence-electron chi connectivity index (χ4n) is 1.58. The van der Waals surface area contributed by atoms with E-state index in [-0.39, 0.29) is 0 Å².